The van der Waals surface area contributed by atoms with Gasteiger partial charge in [-0.05, 0) is 48.1 Å². The van der Waals surface area contributed by atoms with Crippen molar-refractivity contribution in [1.29, 1.82) is 0 Å². The average molecular weight is 419 g/mol. The summed E-state index contributed by atoms with van der Waals surface area (Å²) in [5, 5.41) is 13.1. The third-order valence-electron chi connectivity index (χ3n) is 6.15. The number of methoxy groups -OCH3 is 1. The molecule has 1 aliphatic carbocycles. The fourth-order valence-corrected chi connectivity index (χ4v) is 4.56. The van der Waals surface area contributed by atoms with Crippen molar-refractivity contribution < 1.29 is 14.6 Å². The summed E-state index contributed by atoms with van der Waals surface area (Å²) in [4.78, 5) is 22.4. The summed E-state index contributed by atoms with van der Waals surface area (Å²) in [5.74, 6) is 0.575. The molecule has 1 N–H and O–H groups in total. The van der Waals surface area contributed by atoms with Gasteiger partial charge in [-0.15, -0.1) is 0 Å². The molecule has 2 atom stereocenters. The van der Waals surface area contributed by atoms with Gasteiger partial charge in [0, 0.05) is 24.1 Å². The molecule has 1 fully saturated rings. The Kier molecular flexibility index (Phi) is 5.29. The molecule has 0 saturated carbocycles. The number of aromatic nitrogens is 3. The molecule has 0 bridgehead atoms. The number of hydrogen-bond donors (Lipinski definition) is 1. The minimum Gasteiger partial charge on any atom is -0.481 e. The van der Waals surface area contributed by atoms with Crippen molar-refractivity contribution in [1.82, 2.24) is 14.5 Å². The second kappa shape index (κ2) is 8.24. The van der Waals surface area contributed by atoms with Crippen LogP contribution in [0.5, 0.6) is 5.88 Å². The van der Waals surface area contributed by atoms with Crippen LogP contribution in [-0.2, 0) is 11.2 Å². The predicted molar refractivity (Wildman–Crippen MR) is 117 cm³/mol. The molecule has 2 aliphatic rings. The van der Waals surface area contributed by atoms with Crippen molar-refractivity contribution >= 4 is 23.1 Å². The zero-order valence-electron chi connectivity index (χ0n) is 17.5. The lowest BCUT2D eigenvalue weighted by atomic mass is 9.96. The zero-order valence-corrected chi connectivity index (χ0v) is 17.5. The Balaban J connectivity index is 1.67. The number of benzene rings is 1. The standard InChI is InChI=1S/C24H25N3O4/c1-30-22-7-6-15(12-25-22)10-16-11-19-23(18-5-3-2-4-17(16)18)26-14-27(24(19)29)20-8-9-31-13-21(20)28/h4-7,11-12,14,20-21,28H,2-3,8-10,13H2,1H3. The number of fused-ring (bicyclic) bond motifs is 3. The molecule has 1 aliphatic heterocycles. The molecule has 31 heavy (non-hydrogen) atoms. The lowest BCUT2D eigenvalue weighted by molar-refractivity contribution is -0.0395. The number of hydrogen-bond acceptors (Lipinski definition) is 6. The second-order valence-corrected chi connectivity index (χ2v) is 8.09. The van der Waals surface area contributed by atoms with Gasteiger partial charge in [0.2, 0.25) is 5.88 Å². The zero-order chi connectivity index (χ0) is 21.4. The van der Waals surface area contributed by atoms with E-state index in [0.29, 0.717) is 30.7 Å². The van der Waals surface area contributed by atoms with E-state index in [9.17, 15) is 9.90 Å². The first-order chi connectivity index (χ1) is 15.2. The highest BCUT2D eigenvalue weighted by Gasteiger charge is 2.27. The van der Waals surface area contributed by atoms with E-state index in [-0.39, 0.29) is 18.2 Å². The summed E-state index contributed by atoms with van der Waals surface area (Å²) in [6.45, 7) is 0.757. The molecule has 3 heterocycles. The highest BCUT2D eigenvalue weighted by Crippen LogP contribution is 2.20. The fourth-order valence-electron chi connectivity index (χ4n) is 4.56. The van der Waals surface area contributed by atoms with Crippen LogP contribution in [0.15, 0.2) is 35.5 Å². The number of aliphatic hydroxyl groups excluding tert-OH is 1. The topological polar surface area (TPSA) is 86.5 Å². The van der Waals surface area contributed by atoms with Gasteiger partial charge in [0.1, 0.15) is 0 Å². The monoisotopic (exact) mass is 419 g/mol. The Morgan fingerprint density at radius 3 is 2.81 bits per heavy atom. The molecule has 7 nitrogen and oxygen atoms in total. The van der Waals surface area contributed by atoms with E-state index in [2.05, 4.69) is 22.1 Å². The van der Waals surface area contributed by atoms with Gasteiger partial charge >= 0.3 is 0 Å². The van der Waals surface area contributed by atoms with Crippen LogP contribution in [0.1, 0.15) is 36.4 Å². The van der Waals surface area contributed by atoms with Crippen LogP contribution in [0.3, 0.4) is 0 Å². The van der Waals surface area contributed by atoms with E-state index in [0.717, 1.165) is 39.9 Å². The van der Waals surface area contributed by atoms with Gasteiger partial charge in [-0.3, -0.25) is 9.36 Å². The number of nitrogens with zero attached hydrogens (tertiary/aromatic N) is 3. The Labute approximate surface area is 179 Å². The van der Waals surface area contributed by atoms with Gasteiger partial charge in [0.25, 0.3) is 5.56 Å². The summed E-state index contributed by atoms with van der Waals surface area (Å²) in [6, 6.07) is 5.49. The first-order valence-corrected chi connectivity index (χ1v) is 10.6. The summed E-state index contributed by atoms with van der Waals surface area (Å²) < 4.78 is 12.1. The first-order valence-electron chi connectivity index (χ1n) is 10.6. The van der Waals surface area contributed by atoms with E-state index in [1.807, 2.05) is 24.4 Å². The first kappa shape index (κ1) is 19.9. The number of ether oxygens (including phenoxy) is 2. The molecule has 1 saturated heterocycles. The molecular formula is C24H25N3O4. The molecule has 0 amide bonds. The maximum atomic E-state index is 13.5. The van der Waals surface area contributed by atoms with Gasteiger partial charge in [0.05, 0.1) is 43.1 Å². The van der Waals surface area contributed by atoms with Crippen LogP contribution in [0, 0.1) is 0 Å². The fraction of sp³-hybridized carbons (Fsp3) is 0.375. The van der Waals surface area contributed by atoms with Gasteiger partial charge in [-0.2, -0.15) is 0 Å². The van der Waals surface area contributed by atoms with Crippen LogP contribution >= 0.6 is 0 Å². The molecule has 2 aromatic heterocycles. The Morgan fingerprint density at radius 1 is 1.23 bits per heavy atom. The maximum Gasteiger partial charge on any atom is 0.261 e. The third kappa shape index (κ3) is 3.64. The van der Waals surface area contributed by atoms with Crippen LogP contribution in [0.2, 0.25) is 0 Å². The van der Waals surface area contributed by atoms with Crippen LogP contribution in [-0.4, -0.2) is 46.1 Å². The molecular weight excluding hydrogens is 394 g/mol. The van der Waals surface area contributed by atoms with Crippen molar-refractivity contribution in [3.8, 4) is 5.88 Å². The molecule has 3 aromatic rings. The van der Waals surface area contributed by atoms with Crippen molar-refractivity contribution in [3.05, 3.63) is 62.6 Å². The molecule has 0 radical (unpaired) electrons. The highest BCUT2D eigenvalue weighted by atomic mass is 16.5. The van der Waals surface area contributed by atoms with Crippen LogP contribution in [0.25, 0.3) is 23.1 Å². The predicted octanol–water partition coefficient (Wildman–Crippen LogP) is 1.07. The summed E-state index contributed by atoms with van der Waals surface area (Å²) in [6.07, 6.45) is 10.2. The quantitative estimate of drug-likeness (QED) is 0.681. The molecule has 7 heteroatoms. The minimum absolute atomic E-state index is 0.119. The molecule has 0 spiro atoms. The van der Waals surface area contributed by atoms with Crippen molar-refractivity contribution in [3.63, 3.8) is 0 Å². The van der Waals surface area contributed by atoms with Gasteiger partial charge < -0.3 is 14.6 Å². The summed E-state index contributed by atoms with van der Waals surface area (Å²) in [7, 11) is 1.60. The molecule has 160 valence electrons. The Morgan fingerprint density at radius 2 is 2.06 bits per heavy atom. The smallest absolute Gasteiger partial charge is 0.261 e. The third-order valence-corrected chi connectivity index (χ3v) is 6.15. The molecule has 1 aromatic carbocycles. The molecule has 2 unspecified atom stereocenters. The summed E-state index contributed by atoms with van der Waals surface area (Å²) >= 11 is 0. The van der Waals surface area contributed by atoms with Gasteiger partial charge in [-0.1, -0.05) is 18.2 Å². The van der Waals surface area contributed by atoms with E-state index < -0.39 is 6.10 Å². The SMILES string of the molecule is COc1ccc(Cc2cc3c(=O)n(C4CCOCC4O)cnc3c3c2=CCCC=3)cn1. The Bertz CT molecular complexity index is 1300. The van der Waals surface area contributed by atoms with Crippen molar-refractivity contribution in [2.45, 2.75) is 37.8 Å². The lowest BCUT2D eigenvalue weighted by Gasteiger charge is -2.29. The summed E-state index contributed by atoms with van der Waals surface area (Å²) in [5.41, 5.74) is 2.73. The van der Waals surface area contributed by atoms with Crippen molar-refractivity contribution in [2.24, 2.45) is 0 Å². The van der Waals surface area contributed by atoms with Gasteiger partial charge in [0.15, 0.2) is 0 Å². The van der Waals surface area contributed by atoms with Crippen LogP contribution < -0.4 is 20.7 Å². The largest absolute Gasteiger partial charge is 0.481 e. The van der Waals surface area contributed by atoms with Crippen molar-refractivity contribution in [2.75, 3.05) is 20.3 Å². The van der Waals surface area contributed by atoms with E-state index in [4.69, 9.17) is 9.47 Å². The van der Waals surface area contributed by atoms with E-state index in [1.54, 1.807) is 18.0 Å². The minimum atomic E-state index is -0.715. The van der Waals surface area contributed by atoms with E-state index >= 15 is 0 Å². The number of pyridine rings is 1. The lowest BCUT2D eigenvalue weighted by Crippen LogP contribution is -2.40. The van der Waals surface area contributed by atoms with Crippen LogP contribution in [0.4, 0.5) is 0 Å². The number of rotatable bonds is 4. The van der Waals surface area contributed by atoms with Gasteiger partial charge in [-0.25, -0.2) is 9.97 Å². The van der Waals surface area contributed by atoms with E-state index in [1.165, 1.54) is 0 Å². The highest BCUT2D eigenvalue weighted by molar-refractivity contribution is 5.80. The second-order valence-electron chi connectivity index (χ2n) is 8.09. The maximum absolute atomic E-state index is 13.5. The molecule has 5 rings (SSSR count). The average Bonchev–Trinajstić information content (AvgIpc) is 2.81. The normalized spacial score (nSPS) is 20.6. The Hall–Kier alpha value is -3.03. The number of aliphatic hydroxyl groups is 1.